The van der Waals surface area contributed by atoms with E-state index in [0.717, 1.165) is 29.0 Å². The van der Waals surface area contributed by atoms with Crippen LogP contribution in [0.4, 0.5) is 0 Å². The Morgan fingerprint density at radius 1 is 1.23 bits per heavy atom. The Balaban J connectivity index is 1.59. The molecule has 0 heterocycles. The van der Waals surface area contributed by atoms with E-state index in [2.05, 4.69) is 5.32 Å². The average Bonchev–Trinajstić information content (AvgIpc) is 3.49. The van der Waals surface area contributed by atoms with Gasteiger partial charge in [0.05, 0.1) is 12.5 Å². The van der Waals surface area contributed by atoms with E-state index < -0.39 is 0 Å². The molecule has 2 aromatic rings. The summed E-state index contributed by atoms with van der Waals surface area (Å²) in [5.41, 5.74) is 9.39. The van der Waals surface area contributed by atoms with Gasteiger partial charge in [0, 0.05) is 18.2 Å². The van der Waals surface area contributed by atoms with E-state index in [1.54, 1.807) is 0 Å². The Morgan fingerprint density at radius 2 is 1.96 bits per heavy atom. The summed E-state index contributed by atoms with van der Waals surface area (Å²) < 4.78 is 5.98. The van der Waals surface area contributed by atoms with Gasteiger partial charge in [-0.2, -0.15) is 0 Å². The number of hydrogen-bond acceptors (Lipinski definition) is 3. The first kappa shape index (κ1) is 18.5. The molecule has 2 atom stereocenters. The van der Waals surface area contributed by atoms with E-state index in [0.29, 0.717) is 12.5 Å². The fraction of sp³-hybridized carbons (Fsp3) is 0.409. The van der Waals surface area contributed by atoms with E-state index in [1.807, 2.05) is 62.4 Å². The van der Waals surface area contributed by atoms with Crippen molar-refractivity contribution in [1.29, 1.82) is 0 Å². The lowest BCUT2D eigenvalue weighted by Gasteiger charge is -2.20. The molecule has 2 unspecified atom stereocenters. The summed E-state index contributed by atoms with van der Waals surface area (Å²) in [6, 6.07) is 15.5. The lowest BCUT2D eigenvalue weighted by molar-refractivity contribution is -0.125. The van der Waals surface area contributed by atoms with E-state index >= 15 is 0 Å². The zero-order chi connectivity index (χ0) is 18.5. The third kappa shape index (κ3) is 4.85. The Kier molecular flexibility index (Phi) is 5.94. The number of aryl methyl sites for hydroxylation is 1. The summed E-state index contributed by atoms with van der Waals surface area (Å²) in [6.07, 6.45) is 2.51. The number of hydrogen-bond donors (Lipinski definition) is 2. The maximum atomic E-state index is 12.6. The van der Waals surface area contributed by atoms with Crippen molar-refractivity contribution >= 4 is 5.91 Å². The topological polar surface area (TPSA) is 64.4 Å². The van der Waals surface area contributed by atoms with Gasteiger partial charge in [0.1, 0.15) is 5.75 Å². The number of carbonyl (C=O) groups excluding carboxylic acids is 1. The van der Waals surface area contributed by atoms with Gasteiger partial charge in [-0.15, -0.1) is 0 Å². The number of nitrogens with two attached hydrogens (primary N) is 1. The minimum atomic E-state index is -0.320. The molecule has 26 heavy (non-hydrogen) atoms. The molecule has 1 fully saturated rings. The standard InChI is InChI=1S/C22H28N2O2/c1-15-8-11-19(20(12-15)26-14-17-9-10-17)13-24-22(25)16(2)21(23)18-6-4-3-5-7-18/h3-8,11-12,16-17,21H,9-10,13-14,23H2,1-2H3,(H,24,25). The highest BCUT2D eigenvalue weighted by molar-refractivity contribution is 5.79. The number of carbonyl (C=O) groups is 1. The summed E-state index contributed by atoms with van der Waals surface area (Å²) in [5, 5.41) is 3.01. The molecule has 0 aromatic heterocycles. The van der Waals surface area contributed by atoms with E-state index in [-0.39, 0.29) is 17.9 Å². The smallest absolute Gasteiger partial charge is 0.225 e. The van der Waals surface area contributed by atoms with Crippen LogP contribution in [0.25, 0.3) is 0 Å². The first-order valence-electron chi connectivity index (χ1n) is 9.35. The molecule has 0 radical (unpaired) electrons. The molecular formula is C22H28N2O2. The maximum absolute atomic E-state index is 12.6. The fourth-order valence-corrected chi connectivity index (χ4v) is 2.90. The van der Waals surface area contributed by atoms with Crippen molar-refractivity contribution in [1.82, 2.24) is 5.32 Å². The highest BCUT2D eigenvalue weighted by Gasteiger charge is 2.23. The van der Waals surface area contributed by atoms with Crippen molar-refractivity contribution < 1.29 is 9.53 Å². The minimum absolute atomic E-state index is 0.0462. The lowest BCUT2D eigenvalue weighted by atomic mass is 9.94. The van der Waals surface area contributed by atoms with Crippen LogP contribution in [0.2, 0.25) is 0 Å². The minimum Gasteiger partial charge on any atom is -0.493 e. The third-order valence-electron chi connectivity index (χ3n) is 4.98. The number of benzene rings is 2. The highest BCUT2D eigenvalue weighted by Crippen LogP contribution is 2.30. The van der Waals surface area contributed by atoms with Crippen LogP contribution in [-0.4, -0.2) is 12.5 Å². The first-order chi connectivity index (χ1) is 12.5. The molecule has 4 heteroatoms. The van der Waals surface area contributed by atoms with Crippen molar-refractivity contribution in [3.63, 3.8) is 0 Å². The molecule has 3 rings (SSSR count). The zero-order valence-corrected chi connectivity index (χ0v) is 15.6. The van der Waals surface area contributed by atoms with Crippen LogP contribution in [-0.2, 0) is 11.3 Å². The molecule has 1 aliphatic carbocycles. The van der Waals surface area contributed by atoms with Crippen LogP contribution in [0.1, 0.15) is 42.5 Å². The SMILES string of the molecule is Cc1ccc(CNC(=O)C(C)C(N)c2ccccc2)c(OCC2CC2)c1. The van der Waals surface area contributed by atoms with Crippen LogP contribution >= 0.6 is 0 Å². The van der Waals surface area contributed by atoms with Crippen LogP contribution in [0.15, 0.2) is 48.5 Å². The molecule has 0 saturated heterocycles. The van der Waals surface area contributed by atoms with Crippen LogP contribution < -0.4 is 15.8 Å². The normalized spacial score (nSPS) is 16.0. The van der Waals surface area contributed by atoms with Gasteiger partial charge in [-0.3, -0.25) is 4.79 Å². The Labute approximate surface area is 155 Å². The summed E-state index contributed by atoms with van der Waals surface area (Å²) in [4.78, 5) is 12.6. The molecule has 1 aliphatic rings. The predicted octanol–water partition coefficient (Wildman–Crippen LogP) is 3.74. The highest BCUT2D eigenvalue weighted by atomic mass is 16.5. The second-order valence-corrected chi connectivity index (χ2v) is 7.31. The van der Waals surface area contributed by atoms with Crippen molar-refractivity contribution in [3.05, 3.63) is 65.2 Å². The van der Waals surface area contributed by atoms with Gasteiger partial charge in [-0.25, -0.2) is 0 Å². The van der Waals surface area contributed by atoms with Gasteiger partial charge in [-0.1, -0.05) is 49.4 Å². The Morgan fingerprint density at radius 3 is 2.65 bits per heavy atom. The fourth-order valence-electron chi connectivity index (χ4n) is 2.90. The first-order valence-corrected chi connectivity index (χ1v) is 9.35. The van der Waals surface area contributed by atoms with E-state index in [9.17, 15) is 4.79 Å². The summed E-state index contributed by atoms with van der Waals surface area (Å²) >= 11 is 0. The molecule has 3 N–H and O–H groups in total. The van der Waals surface area contributed by atoms with Gasteiger partial charge in [0.25, 0.3) is 0 Å². The van der Waals surface area contributed by atoms with Gasteiger partial charge < -0.3 is 15.8 Å². The molecular weight excluding hydrogens is 324 g/mol. The summed E-state index contributed by atoms with van der Waals surface area (Å²) in [6.45, 7) is 5.13. The van der Waals surface area contributed by atoms with E-state index in [4.69, 9.17) is 10.5 Å². The van der Waals surface area contributed by atoms with Crippen LogP contribution in [0, 0.1) is 18.8 Å². The summed E-state index contributed by atoms with van der Waals surface area (Å²) in [7, 11) is 0. The molecule has 138 valence electrons. The quantitative estimate of drug-likeness (QED) is 0.761. The van der Waals surface area contributed by atoms with Crippen molar-refractivity contribution in [2.45, 2.75) is 39.3 Å². The molecule has 0 spiro atoms. The van der Waals surface area contributed by atoms with Gasteiger partial charge >= 0.3 is 0 Å². The van der Waals surface area contributed by atoms with E-state index in [1.165, 1.54) is 12.8 Å². The maximum Gasteiger partial charge on any atom is 0.225 e. The monoisotopic (exact) mass is 352 g/mol. The Bertz CT molecular complexity index is 741. The van der Waals surface area contributed by atoms with Crippen molar-refractivity contribution in [3.8, 4) is 5.75 Å². The van der Waals surface area contributed by atoms with Gasteiger partial charge in [0.2, 0.25) is 5.91 Å². The molecule has 2 aromatic carbocycles. The molecule has 0 aliphatic heterocycles. The lowest BCUT2D eigenvalue weighted by Crippen LogP contribution is -2.35. The average molecular weight is 352 g/mol. The molecule has 1 amide bonds. The van der Waals surface area contributed by atoms with Gasteiger partial charge in [0.15, 0.2) is 0 Å². The summed E-state index contributed by atoms with van der Waals surface area (Å²) in [5.74, 6) is 1.22. The second kappa shape index (κ2) is 8.37. The number of rotatable bonds is 8. The third-order valence-corrected chi connectivity index (χ3v) is 4.98. The van der Waals surface area contributed by atoms with Gasteiger partial charge in [-0.05, 0) is 42.9 Å². The predicted molar refractivity (Wildman–Crippen MR) is 104 cm³/mol. The number of ether oxygens (including phenoxy) is 1. The molecule has 0 bridgehead atoms. The molecule has 4 nitrogen and oxygen atoms in total. The van der Waals surface area contributed by atoms with Crippen molar-refractivity contribution in [2.75, 3.05) is 6.61 Å². The van der Waals surface area contributed by atoms with Crippen LogP contribution in [0.5, 0.6) is 5.75 Å². The second-order valence-electron chi connectivity index (χ2n) is 7.31. The zero-order valence-electron chi connectivity index (χ0n) is 15.6. The Hall–Kier alpha value is -2.33. The van der Waals surface area contributed by atoms with Crippen LogP contribution in [0.3, 0.4) is 0 Å². The number of amides is 1. The largest absolute Gasteiger partial charge is 0.493 e. The molecule has 1 saturated carbocycles. The van der Waals surface area contributed by atoms with Crippen molar-refractivity contribution in [2.24, 2.45) is 17.6 Å². The number of nitrogens with one attached hydrogen (secondary N) is 1.